The van der Waals surface area contributed by atoms with Gasteiger partial charge in [-0.1, -0.05) is 12.1 Å². The van der Waals surface area contributed by atoms with Crippen LogP contribution < -0.4 is 5.32 Å². The summed E-state index contributed by atoms with van der Waals surface area (Å²) in [5.74, 6) is -1.07. The summed E-state index contributed by atoms with van der Waals surface area (Å²) in [6, 6.07) is 6.22. The van der Waals surface area contributed by atoms with Gasteiger partial charge in [-0.25, -0.2) is 17.5 Å². The second kappa shape index (κ2) is 5.18. The van der Waals surface area contributed by atoms with E-state index in [0.717, 1.165) is 4.31 Å². The number of carbonyl (C=O) groups is 1. The Morgan fingerprint density at radius 1 is 1.26 bits per heavy atom. The van der Waals surface area contributed by atoms with E-state index in [0.29, 0.717) is 0 Å². The van der Waals surface area contributed by atoms with Crippen LogP contribution in [-0.4, -0.2) is 43.4 Å². The van der Waals surface area contributed by atoms with Crippen molar-refractivity contribution in [3.63, 3.8) is 0 Å². The van der Waals surface area contributed by atoms with Gasteiger partial charge in [0.1, 0.15) is 10.4 Å². The van der Waals surface area contributed by atoms with Crippen molar-refractivity contribution in [2.45, 2.75) is 24.3 Å². The van der Waals surface area contributed by atoms with Gasteiger partial charge in [0, 0.05) is 14.1 Å². The summed E-state index contributed by atoms with van der Waals surface area (Å²) in [7, 11) is -0.778. The molecule has 0 spiro atoms. The summed E-state index contributed by atoms with van der Waals surface area (Å²) in [6.07, 6.45) is 0. The van der Waals surface area contributed by atoms with Gasteiger partial charge >= 0.3 is 5.97 Å². The number of sulfonamides is 1. The minimum Gasteiger partial charge on any atom is -0.480 e. The Hall–Kier alpha value is -1.60. The maximum Gasteiger partial charge on any atom is 0.328 e. The number of rotatable bonds is 5. The van der Waals surface area contributed by atoms with Gasteiger partial charge in [0.05, 0.1) is 5.69 Å². The molecule has 0 bridgehead atoms. The molecule has 19 heavy (non-hydrogen) atoms. The highest BCUT2D eigenvalue weighted by Gasteiger charge is 2.29. The second-order valence-corrected chi connectivity index (χ2v) is 6.96. The average molecular weight is 286 g/mol. The number of para-hydroxylation sites is 1. The molecule has 0 radical (unpaired) electrons. The van der Waals surface area contributed by atoms with E-state index < -0.39 is 21.5 Å². The Labute approximate surface area is 113 Å². The second-order valence-electron chi connectivity index (χ2n) is 4.84. The number of hydrogen-bond donors (Lipinski definition) is 2. The molecule has 106 valence electrons. The van der Waals surface area contributed by atoms with E-state index in [4.69, 9.17) is 5.11 Å². The number of anilines is 1. The van der Waals surface area contributed by atoms with Crippen molar-refractivity contribution in [1.29, 1.82) is 0 Å². The van der Waals surface area contributed by atoms with Crippen LogP contribution in [0.4, 0.5) is 5.69 Å². The first-order valence-corrected chi connectivity index (χ1v) is 7.06. The standard InChI is InChI=1S/C12H18N2O4S/c1-12(2,11(15)16)13-9-7-5-6-8-10(9)19(17,18)14(3)4/h5-8,13H,1-4H3,(H,15,16). The lowest BCUT2D eigenvalue weighted by molar-refractivity contribution is -0.141. The predicted octanol–water partition coefficient (Wildman–Crippen LogP) is 1.21. The minimum atomic E-state index is -3.63. The Kier molecular flexibility index (Phi) is 4.21. The smallest absolute Gasteiger partial charge is 0.328 e. The van der Waals surface area contributed by atoms with E-state index >= 15 is 0 Å². The number of benzene rings is 1. The summed E-state index contributed by atoms with van der Waals surface area (Å²) in [4.78, 5) is 11.1. The van der Waals surface area contributed by atoms with Crippen molar-refractivity contribution in [3.05, 3.63) is 24.3 Å². The lowest BCUT2D eigenvalue weighted by Gasteiger charge is -2.24. The Balaban J connectivity index is 3.29. The molecule has 1 aromatic rings. The Morgan fingerprint density at radius 2 is 1.79 bits per heavy atom. The molecule has 0 fully saturated rings. The highest BCUT2D eigenvalue weighted by Crippen LogP contribution is 2.26. The van der Waals surface area contributed by atoms with E-state index in [1.807, 2.05) is 0 Å². The van der Waals surface area contributed by atoms with E-state index in [9.17, 15) is 13.2 Å². The van der Waals surface area contributed by atoms with Gasteiger partial charge in [0.25, 0.3) is 0 Å². The third kappa shape index (κ3) is 3.24. The van der Waals surface area contributed by atoms with Crippen LogP contribution in [0.25, 0.3) is 0 Å². The highest BCUT2D eigenvalue weighted by atomic mass is 32.2. The SMILES string of the molecule is CN(C)S(=O)(=O)c1ccccc1NC(C)(C)C(=O)O. The first kappa shape index (κ1) is 15.5. The van der Waals surface area contributed by atoms with Gasteiger partial charge in [-0.15, -0.1) is 0 Å². The molecule has 0 amide bonds. The van der Waals surface area contributed by atoms with Crippen molar-refractivity contribution in [1.82, 2.24) is 4.31 Å². The average Bonchev–Trinajstić information content (AvgIpc) is 2.28. The number of carboxylic acids is 1. The van der Waals surface area contributed by atoms with Crippen molar-refractivity contribution in [2.75, 3.05) is 19.4 Å². The van der Waals surface area contributed by atoms with E-state index in [1.54, 1.807) is 18.2 Å². The molecule has 0 heterocycles. The van der Waals surface area contributed by atoms with Crippen molar-refractivity contribution in [3.8, 4) is 0 Å². The Bertz CT molecular complexity index is 579. The number of nitrogens with zero attached hydrogens (tertiary/aromatic N) is 1. The quantitative estimate of drug-likeness (QED) is 0.849. The molecular weight excluding hydrogens is 268 g/mol. The fourth-order valence-corrected chi connectivity index (χ4v) is 2.42. The molecule has 0 aliphatic carbocycles. The Morgan fingerprint density at radius 3 is 2.26 bits per heavy atom. The fourth-order valence-electron chi connectivity index (χ4n) is 1.38. The molecule has 0 aliphatic heterocycles. The van der Waals surface area contributed by atoms with E-state index in [2.05, 4.69) is 5.32 Å². The number of carboxylic acid groups (broad SMARTS) is 1. The van der Waals surface area contributed by atoms with E-state index in [-0.39, 0.29) is 10.6 Å². The first-order valence-electron chi connectivity index (χ1n) is 5.62. The van der Waals surface area contributed by atoms with Gasteiger partial charge in [-0.2, -0.15) is 0 Å². The molecule has 6 nitrogen and oxygen atoms in total. The third-order valence-corrected chi connectivity index (χ3v) is 4.50. The maximum atomic E-state index is 12.1. The normalized spacial score (nSPS) is 12.5. The zero-order valence-electron chi connectivity index (χ0n) is 11.3. The number of nitrogens with one attached hydrogen (secondary N) is 1. The monoisotopic (exact) mass is 286 g/mol. The summed E-state index contributed by atoms with van der Waals surface area (Å²) in [6.45, 7) is 2.93. The van der Waals surface area contributed by atoms with Crippen LogP contribution >= 0.6 is 0 Å². The van der Waals surface area contributed by atoms with Crippen LogP contribution in [0.3, 0.4) is 0 Å². The van der Waals surface area contributed by atoms with Crippen LogP contribution in [0.5, 0.6) is 0 Å². The predicted molar refractivity (Wildman–Crippen MR) is 72.7 cm³/mol. The summed E-state index contributed by atoms with van der Waals surface area (Å²) < 4.78 is 25.4. The molecule has 0 aromatic heterocycles. The van der Waals surface area contributed by atoms with Crippen LogP contribution in [0.15, 0.2) is 29.2 Å². The van der Waals surface area contributed by atoms with Crippen molar-refractivity contribution < 1.29 is 18.3 Å². The zero-order valence-corrected chi connectivity index (χ0v) is 12.2. The zero-order chi connectivity index (χ0) is 14.8. The molecule has 1 aromatic carbocycles. The summed E-state index contributed by atoms with van der Waals surface area (Å²) in [5, 5.41) is 11.8. The lowest BCUT2D eigenvalue weighted by Crippen LogP contribution is -2.40. The van der Waals surface area contributed by atoms with Crippen LogP contribution in [0.2, 0.25) is 0 Å². The van der Waals surface area contributed by atoms with Gasteiger partial charge < -0.3 is 10.4 Å². The minimum absolute atomic E-state index is 0.0503. The van der Waals surface area contributed by atoms with Gasteiger partial charge in [0.15, 0.2) is 0 Å². The van der Waals surface area contributed by atoms with Crippen LogP contribution in [-0.2, 0) is 14.8 Å². The summed E-state index contributed by atoms with van der Waals surface area (Å²) in [5.41, 5.74) is -0.999. The molecular formula is C12H18N2O4S. The first-order chi connectivity index (χ1) is 8.59. The van der Waals surface area contributed by atoms with Gasteiger partial charge in [0.2, 0.25) is 10.0 Å². The summed E-state index contributed by atoms with van der Waals surface area (Å²) >= 11 is 0. The topological polar surface area (TPSA) is 86.7 Å². The van der Waals surface area contributed by atoms with Gasteiger partial charge in [-0.3, -0.25) is 0 Å². The number of aliphatic carboxylic acids is 1. The molecule has 0 aliphatic rings. The molecule has 2 N–H and O–H groups in total. The number of hydrogen-bond acceptors (Lipinski definition) is 4. The maximum absolute atomic E-state index is 12.1. The van der Waals surface area contributed by atoms with Crippen LogP contribution in [0, 0.1) is 0 Å². The van der Waals surface area contributed by atoms with Gasteiger partial charge in [-0.05, 0) is 26.0 Å². The van der Waals surface area contributed by atoms with Crippen LogP contribution in [0.1, 0.15) is 13.8 Å². The fraction of sp³-hybridized carbons (Fsp3) is 0.417. The lowest BCUT2D eigenvalue weighted by atomic mass is 10.1. The molecule has 0 saturated carbocycles. The van der Waals surface area contributed by atoms with E-state index in [1.165, 1.54) is 34.0 Å². The molecule has 7 heteroatoms. The van der Waals surface area contributed by atoms with Crippen molar-refractivity contribution in [2.24, 2.45) is 0 Å². The largest absolute Gasteiger partial charge is 0.480 e. The molecule has 0 saturated heterocycles. The molecule has 0 unspecified atom stereocenters. The third-order valence-electron chi connectivity index (χ3n) is 2.63. The molecule has 0 atom stereocenters. The molecule has 1 rings (SSSR count). The van der Waals surface area contributed by atoms with Crippen molar-refractivity contribution >= 4 is 21.7 Å². The highest BCUT2D eigenvalue weighted by molar-refractivity contribution is 7.89.